The second kappa shape index (κ2) is 8.53. The molecule has 0 spiro atoms. The second-order valence-corrected chi connectivity index (χ2v) is 6.24. The highest BCUT2D eigenvalue weighted by atomic mass is 19.1. The first-order valence-corrected chi connectivity index (χ1v) is 8.67. The van der Waals surface area contributed by atoms with Gasteiger partial charge < -0.3 is 19.7 Å². The van der Waals surface area contributed by atoms with E-state index in [0.717, 1.165) is 0 Å². The summed E-state index contributed by atoms with van der Waals surface area (Å²) in [5, 5.41) is 2.62. The maximum absolute atomic E-state index is 13.2. The number of nitrogens with one attached hydrogen (secondary N) is 1. The summed E-state index contributed by atoms with van der Waals surface area (Å²) in [4.78, 5) is 26.1. The van der Waals surface area contributed by atoms with Crippen LogP contribution in [0.3, 0.4) is 0 Å². The Bertz CT molecular complexity index is 810. The van der Waals surface area contributed by atoms with Crippen molar-refractivity contribution in [2.45, 2.75) is 12.5 Å². The first kappa shape index (κ1) is 18.7. The SMILES string of the molecule is COc1ccc(C(=O)NCC(=O)N2CCC(Oc3cccc(F)c3)C2)cc1. The Labute approximate surface area is 156 Å². The monoisotopic (exact) mass is 372 g/mol. The number of rotatable bonds is 6. The van der Waals surface area contributed by atoms with Gasteiger partial charge in [-0.05, 0) is 36.4 Å². The molecule has 1 aliphatic rings. The lowest BCUT2D eigenvalue weighted by Crippen LogP contribution is -2.39. The van der Waals surface area contributed by atoms with Gasteiger partial charge in [0.25, 0.3) is 5.91 Å². The Morgan fingerprint density at radius 3 is 2.67 bits per heavy atom. The van der Waals surface area contributed by atoms with E-state index >= 15 is 0 Å². The lowest BCUT2D eigenvalue weighted by atomic mass is 10.2. The van der Waals surface area contributed by atoms with Crippen LogP contribution < -0.4 is 14.8 Å². The molecule has 1 fully saturated rings. The molecular weight excluding hydrogens is 351 g/mol. The van der Waals surface area contributed by atoms with Crippen LogP contribution in [-0.4, -0.2) is 49.6 Å². The van der Waals surface area contributed by atoms with Crippen molar-refractivity contribution >= 4 is 11.8 Å². The van der Waals surface area contributed by atoms with E-state index in [1.165, 1.54) is 12.1 Å². The van der Waals surface area contributed by atoms with E-state index in [1.54, 1.807) is 48.4 Å². The highest BCUT2D eigenvalue weighted by molar-refractivity contribution is 5.96. The number of hydrogen-bond acceptors (Lipinski definition) is 4. The molecule has 7 heteroatoms. The number of halogens is 1. The summed E-state index contributed by atoms with van der Waals surface area (Å²) in [6.07, 6.45) is 0.474. The molecule has 3 rings (SSSR count). The fourth-order valence-electron chi connectivity index (χ4n) is 2.90. The van der Waals surface area contributed by atoms with Gasteiger partial charge in [0.05, 0.1) is 20.2 Å². The van der Waals surface area contributed by atoms with Gasteiger partial charge in [-0.2, -0.15) is 0 Å². The Morgan fingerprint density at radius 2 is 1.96 bits per heavy atom. The van der Waals surface area contributed by atoms with Crippen LogP contribution in [-0.2, 0) is 4.79 Å². The average molecular weight is 372 g/mol. The summed E-state index contributed by atoms with van der Waals surface area (Å²) in [5.74, 6) is 0.241. The molecular formula is C20H21FN2O4. The number of benzene rings is 2. The van der Waals surface area contributed by atoms with Gasteiger partial charge in [0.1, 0.15) is 23.4 Å². The Morgan fingerprint density at radius 1 is 1.19 bits per heavy atom. The van der Waals surface area contributed by atoms with Crippen LogP contribution in [0.5, 0.6) is 11.5 Å². The van der Waals surface area contributed by atoms with Crippen LogP contribution in [0.1, 0.15) is 16.8 Å². The summed E-state index contributed by atoms with van der Waals surface area (Å²) in [7, 11) is 1.55. The van der Waals surface area contributed by atoms with Crippen LogP contribution in [0.25, 0.3) is 0 Å². The zero-order chi connectivity index (χ0) is 19.2. The fraction of sp³-hybridized carbons (Fsp3) is 0.300. The summed E-state index contributed by atoms with van der Waals surface area (Å²) < 4.78 is 24.0. The molecule has 27 heavy (non-hydrogen) atoms. The molecule has 1 heterocycles. The zero-order valence-electron chi connectivity index (χ0n) is 15.0. The van der Waals surface area contributed by atoms with Gasteiger partial charge in [-0.25, -0.2) is 4.39 Å². The summed E-state index contributed by atoms with van der Waals surface area (Å²) >= 11 is 0. The molecule has 2 aromatic rings. The predicted octanol–water partition coefficient (Wildman–Crippen LogP) is 2.24. The van der Waals surface area contributed by atoms with Crippen molar-refractivity contribution in [1.29, 1.82) is 0 Å². The minimum absolute atomic E-state index is 0.0858. The molecule has 0 aromatic heterocycles. The van der Waals surface area contributed by atoms with Crippen LogP contribution in [0.4, 0.5) is 4.39 Å². The normalized spacial score (nSPS) is 16.1. The first-order chi connectivity index (χ1) is 13.0. The Hall–Kier alpha value is -3.09. The number of methoxy groups -OCH3 is 1. The standard InChI is InChI=1S/C20H21FN2O4/c1-26-16-7-5-14(6-8-16)20(25)22-12-19(24)23-10-9-18(13-23)27-17-4-2-3-15(21)11-17/h2-8,11,18H,9-10,12-13H2,1H3,(H,22,25). The van der Waals surface area contributed by atoms with Gasteiger partial charge in [-0.1, -0.05) is 6.07 Å². The summed E-state index contributed by atoms with van der Waals surface area (Å²) in [6, 6.07) is 12.6. The van der Waals surface area contributed by atoms with Gasteiger partial charge in [0.15, 0.2) is 0 Å². The van der Waals surface area contributed by atoms with Gasteiger partial charge in [0, 0.05) is 24.6 Å². The molecule has 1 unspecified atom stereocenters. The smallest absolute Gasteiger partial charge is 0.251 e. The average Bonchev–Trinajstić information content (AvgIpc) is 3.14. The number of carbonyl (C=O) groups excluding carboxylic acids is 2. The molecule has 0 saturated carbocycles. The summed E-state index contributed by atoms with van der Waals surface area (Å²) in [6.45, 7) is 0.864. The largest absolute Gasteiger partial charge is 0.497 e. The van der Waals surface area contributed by atoms with Gasteiger partial charge >= 0.3 is 0 Å². The van der Waals surface area contributed by atoms with Crippen molar-refractivity contribution in [3.63, 3.8) is 0 Å². The Balaban J connectivity index is 1.46. The maximum atomic E-state index is 13.2. The van der Waals surface area contributed by atoms with Crippen molar-refractivity contribution in [2.75, 3.05) is 26.7 Å². The third-order valence-corrected chi connectivity index (χ3v) is 4.35. The van der Waals surface area contributed by atoms with Gasteiger partial charge in [0.2, 0.25) is 5.91 Å². The molecule has 142 valence electrons. The van der Waals surface area contributed by atoms with E-state index in [0.29, 0.717) is 36.6 Å². The van der Waals surface area contributed by atoms with Crippen molar-refractivity contribution < 1.29 is 23.5 Å². The van der Waals surface area contributed by atoms with Crippen molar-refractivity contribution in [2.24, 2.45) is 0 Å². The minimum atomic E-state index is -0.361. The lowest BCUT2D eigenvalue weighted by molar-refractivity contribution is -0.129. The molecule has 1 aliphatic heterocycles. The van der Waals surface area contributed by atoms with E-state index in [4.69, 9.17) is 9.47 Å². The summed E-state index contributed by atoms with van der Waals surface area (Å²) in [5.41, 5.74) is 0.456. The van der Waals surface area contributed by atoms with Crippen molar-refractivity contribution in [3.05, 3.63) is 59.9 Å². The maximum Gasteiger partial charge on any atom is 0.251 e. The number of hydrogen-bond donors (Lipinski definition) is 1. The molecule has 1 atom stereocenters. The van der Waals surface area contributed by atoms with E-state index in [9.17, 15) is 14.0 Å². The first-order valence-electron chi connectivity index (χ1n) is 8.67. The van der Waals surface area contributed by atoms with Crippen LogP contribution in [0.2, 0.25) is 0 Å². The highest BCUT2D eigenvalue weighted by Gasteiger charge is 2.27. The van der Waals surface area contributed by atoms with E-state index in [1.807, 2.05) is 0 Å². The third kappa shape index (κ3) is 4.97. The van der Waals surface area contributed by atoms with Crippen LogP contribution in [0.15, 0.2) is 48.5 Å². The molecule has 0 aliphatic carbocycles. The van der Waals surface area contributed by atoms with Gasteiger partial charge in [-0.3, -0.25) is 9.59 Å². The number of nitrogens with zero attached hydrogens (tertiary/aromatic N) is 1. The number of likely N-dealkylation sites (tertiary alicyclic amines) is 1. The topological polar surface area (TPSA) is 67.9 Å². The molecule has 0 radical (unpaired) electrons. The Kier molecular flexibility index (Phi) is 5.90. The molecule has 2 amide bonds. The molecule has 1 N–H and O–H groups in total. The molecule has 2 aromatic carbocycles. The van der Waals surface area contributed by atoms with Crippen LogP contribution in [0, 0.1) is 5.82 Å². The minimum Gasteiger partial charge on any atom is -0.497 e. The van der Waals surface area contributed by atoms with Crippen molar-refractivity contribution in [1.82, 2.24) is 10.2 Å². The second-order valence-electron chi connectivity index (χ2n) is 6.24. The van der Waals surface area contributed by atoms with E-state index in [2.05, 4.69) is 5.32 Å². The molecule has 1 saturated heterocycles. The zero-order valence-corrected chi connectivity index (χ0v) is 15.0. The molecule has 6 nitrogen and oxygen atoms in total. The molecule has 0 bridgehead atoms. The van der Waals surface area contributed by atoms with Crippen molar-refractivity contribution in [3.8, 4) is 11.5 Å². The van der Waals surface area contributed by atoms with Crippen LogP contribution >= 0.6 is 0 Å². The number of ether oxygens (including phenoxy) is 2. The number of amides is 2. The van der Waals surface area contributed by atoms with Gasteiger partial charge in [-0.15, -0.1) is 0 Å². The van der Waals surface area contributed by atoms with E-state index in [-0.39, 0.29) is 30.3 Å². The highest BCUT2D eigenvalue weighted by Crippen LogP contribution is 2.19. The lowest BCUT2D eigenvalue weighted by Gasteiger charge is -2.17. The predicted molar refractivity (Wildman–Crippen MR) is 97.3 cm³/mol. The third-order valence-electron chi connectivity index (χ3n) is 4.35. The fourth-order valence-corrected chi connectivity index (χ4v) is 2.90. The van der Waals surface area contributed by atoms with E-state index < -0.39 is 0 Å². The number of carbonyl (C=O) groups is 2. The quantitative estimate of drug-likeness (QED) is 0.845.